The SMILES string of the molecule is O=C(O)CCn1cc(-c2cccc(OCc3ccccc3)c2)cn1. The lowest BCUT2D eigenvalue weighted by atomic mass is 10.1. The second-order valence-electron chi connectivity index (χ2n) is 5.44. The molecule has 1 aromatic heterocycles. The van der Waals surface area contributed by atoms with Gasteiger partial charge >= 0.3 is 5.97 Å². The summed E-state index contributed by atoms with van der Waals surface area (Å²) in [7, 11) is 0. The van der Waals surface area contributed by atoms with Crippen molar-refractivity contribution in [2.45, 2.75) is 19.6 Å². The molecule has 0 fully saturated rings. The number of hydrogen-bond donors (Lipinski definition) is 1. The number of aryl methyl sites for hydroxylation is 1. The molecule has 0 amide bonds. The van der Waals surface area contributed by atoms with Gasteiger partial charge in [-0.1, -0.05) is 42.5 Å². The number of carboxylic acid groups (broad SMARTS) is 1. The third-order valence-corrected chi connectivity index (χ3v) is 3.60. The fourth-order valence-electron chi connectivity index (χ4n) is 2.35. The summed E-state index contributed by atoms with van der Waals surface area (Å²) in [5.74, 6) is -0.0435. The maximum absolute atomic E-state index is 10.6. The lowest BCUT2D eigenvalue weighted by molar-refractivity contribution is -0.137. The molecule has 5 nitrogen and oxygen atoms in total. The van der Waals surface area contributed by atoms with E-state index in [1.54, 1.807) is 10.9 Å². The van der Waals surface area contributed by atoms with Crippen LogP contribution in [0.3, 0.4) is 0 Å². The van der Waals surface area contributed by atoms with Crippen LogP contribution in [0.4, 0.5) is 0 Å². The Morgan fingerprint density at radius 3 is 2.71 bits per heavy atom. The Morgan fingerprint density at radius 2 is 1.92 bits per heavy atom. The van der Waals surface area contributed by atoms with Gasteiger partial charge in [0.05, 0.1) is 19.2 Å². The zero-order valence-electron chi connectivity index (χ0n) is 13.1. The number of carboxylic acids is 1. The van der Waals surface area contributed by atoms with E-state index in [0.29, 0.717) is 13.2 Å². The highest BCUT2D eigenvalue weighted by atomic mass is 16.5. The van der Waals surface area contributed by atoms with Crippen LogP contribution in [-0.2, 0) is 17.9 Å². The monoisotopic (exact) mass is 322 g/mol. The Balaban J connectivity index is 1.67. The number of aromatic nitrogens is 2. The minimum Gasteiger partial charge on any atom is -0.489 e. The van der Waals surface area contributed by atoms with Gasteiger partial charge in [-0.15, -0.1) is 0 Å². The van der Waals surface area contributed by atoms with Crippen molar-refractivity contribution in [2.24, 2.45) is 0 Å². The Morgan fingerprint density at radius 1 is 1.08 bits per heavy atom. The van der Waals surface area contributed by atoms with Gasteiger partial charge in [-0.25, -0.2) is 0 Å². The molecule has 0 saturated heterocycles. The average molecular weight is 322 g/mol. The van der Waals surface area contributed by atoms with Gasteiger partial charge in [-0.05, 0) is 23.3 Å². The van der Waals surface area contributed by atoms with Crippen molar-refractivity contribution >= 4 is 5.97 Å². The molecule has 0 saturated carbocycles. The summed E-state index contributed by atoms with van der Waals surface area (Å²) < 4.78 is 7.47. The summed E-state index contributed by atoms with van der Waals surface area (Å²) in [5, 5.41) is 12.9. The maximum Gasteiger partial charge on any atom is 0.305 e. The highest BCUT2D eigenvalue weighted by Crippen LogP contribution is 2.24. The van der Waals surface area contributed by atoms with Gasteiger partial charge < -0.3 is 9.84 Å². The summed E-state index contributed by atoms with van der Waals surface area (Å²) in [6.45, 7) is 0.877. The van der Waals surface area contributed by atoms with Crippen molar-refractivity contribution in [3.63, 3.8) is 0 Å². The van der Waals surface area contributed by atoms with Crippen LogP contribution in [0.25, 0.3) is 11.1 Å². The Labute approximate surface area is 140 Å². The smallest absolute Gasteiger partial charge is 0.305 e. The van der Waals surface area contributed by atoms with Crippen LogP contribution in [0, 0.1) is 0 Å². The highest BCUT2D eigenvalue weighted by Gasteiger charge is 2.05. The third-order valence-electron chi connectivity index (χ3n) is 3.60. The Hall–Kier alpha value is -3.08. The molecule has 0 aliphatic carbocycles. The van der Waals surface area contributed by atoms with Gasteiger partial charge in [0, 0.05) is 11.8 Å². The van der Waals surface area contributed by atoms with E-state index >= 15 is 0 Å². The van der Waals surface area contributed by atoms with Crippen LogP contribution in [0.2, 0.25) is 0 Å². The first kappa shape index (κ1) is 15.8. The average Bonchev–Trinajstić information content (AvgIpc) is 3.08. The van der Waals surface area contributed by atoms with Crippen LogP contribution in [0.15, 0.2) is 67.0 Å². The standard InChI is InChI=1S/C19H18N2O3/c22-19(23)9-10-21-13-17(12-20-21)16-7-4-8-18(11-16)24-14-15-5-2-1-3-6-15/h1-8,11-13H,9-10,14H2,(H,22,23). The second kappa shape index (κ2) is 7.46. The molecular weight excluding hydrogens is 304 g/mol. The second-order valence-corrected chi connectivity index (χ2v) is 5.44. The highest BCUT2D eigenvalue weighted by molar-refractivity contribution is 5.66. The first-order chi connectivity index (χ1) is 11.7. The summed E-state index contributed by atoms with van der Waals surface area (Å²) in [4.78, 5) is 10.6. The molecule has 24 heavy (non-hydrogen) atoms. The van der Waals surface area contributed by atoms with Crippen LogP contribution >= 0.6 is 0 Å². The molecule has 1 N–H and O–H groups in total. The van der Waals surface area contributed by atoms with Crippen LogP contribution in [-0.4, -0.2) is 20.9 Å². The summed E-state index contributed by atoms with van der Waals surface area (Å²) in [5.41, 5.74) is 3.04. The minimum absolute atomic E-state index is 0.0569. The molecular formula is C19H18N2O3. The zero-order valence-corrected chi connectivity index (χ0v) is 13.1. The molecule has 0 atom stereocenters. The zero-order chi connectivity index (χ0) is 16.8. The largest absolute Gasteiger partial charge is 0.489 e. The fraction of sp³-hybridized carbons (Fsp3) is 0.158. The number of aliphatic carboxylic acids is 1. The van der Waals surface area contributed by atoms with Gasteiger partial charge in [0.2, 0.25) is 0 Å². The lowest BCUT2D eigenvalue weighted by Crippen LogP contribution is -2.04. The molecule has 2 aromatic carbocycles. The number of benzene rings is 2. The van der Waals surface area contributed by atoms with Crippen molar-refractivity contribution in [2.75, 3.05) is 0 Å². The molecule has 0 bridgehead atoms. The van der Waals surface area contributed by atoms with Gasteiger partial charge in [0.1, 0.15) is 12.4 Å². The van der Waals surface area contributed by atoms with E-state index in [1.807, 2.05) is 60.8 Å². The number of carbonyl (C=O) groups is 1. The molecule has 3 aromatic rings. The first-order valence-corrected chi connectivity index (χ1v) is 7.72. The number of ether oxygens (including phenoxy) is 1. The summed E-state index contributed by atoms with van der Waals surface area (Å²) in [6.07, 6.45) is 3.64. The number of hydrogen-bond acceptors (Lipinski definition) is 3. The van der Waals surface area contributed by atoms with Crippen molar-refractivity contribution in [1.82, 2.24) is 9.78 Å². The molecule has 0 aliphatic rings. The van der Waals surface area contributed by atoms with Gasteiger partial charge in [0.25, 0.3) is 0 Å². The fourth-order valence-corrected chi connectivity index (χ4v) is 2.35. The molecule has 3 rings (SSSR count). The minimum atomic E-state index is -0.830. The Kier molecular flexibility index (Phi) is 4.91. The molecule has 0 radical (unpaired) electrons. The molecule has 0 spiro atoms. The topological polar surface area (TPSA) is 64.3 Å². The summed E-state index contributed by atoms with van der Waals surface area (Å²) >= 11 is 0. The van der Waals surface area contributed by atoms with E-state index in [4.69, 9.17) is 9.84 Å². The van der Waals surface area contributed by atoms with Crippen LogP contribution in [0.5, 0.6) is 5.75 Å². The predicted octanol–water partition coefficient (Wildman–Crippen LogP) is 3.60. The maximum atomic E-state index is 10.6. The number of rotatable bonds is 7. The Bertz CT molecular complexity index is 812. The van der Waals surface area contributed by atoms with Crippen LogP contribution < -0.4 is 4.74 Å². The first-order valence-electron chi connectivity index (χ1n) is 7.72. The van der Waals surface area contributed by atoms with Crippen molar-refractivity contribution in [3.8, 4) is 16.9 Å². The molecule has 0 aliphatic heterocycles. The molecule has 0 unspecified atom stereocenters. The van der Waals surface area contributed by atoms with Crippen molar-refractivity contribution in [1.29, 1.82) is 0 Å². The van der Waals surface area contributed by atoms with E-state index in [9.17, 15) is 4.79 Å². The predicted molar refractivity (Wildman–Crippen MR) is 90.7 cm³/mol. The van der Waals surface area contributed by atoms with Gasteiger partial charge in [0.15, 0.2) is 0 Å². The van der Waals surface area contributed by atoms with E-state index in [-0.39, 0.29) is 6.42 Å². The molecule has 1 heterocycles. The lowest BCUT2D eigenvalue weighted by Gasteiger charge is -2.07. The summed E-state index contributed by atoms with van der Waals surface area (Å²) in [6, 6.07) is 17.8. The third kappa shape index (κ3) is 4.23. The van der Waals surface area contributed by atoms with Gasteiger partial charge in [-0.3, -0.25) is 9.48 Å². The molecule has 5 heteroatoms. The van der Waals surface area contributed by atoms with Crippen molar-refractivity contribution in [3.05, 3.63) is 72.6 Å². The van der Waals surface area contributed by atoms with E-state index < -0.39 is 5.97 Å². The van der Waals surface area contributed by atoms with E-state index in [1.165, 1.54) is 0 Å². The van der Waals surface area contributed by atoms with Crippen molar-refractivity contribution < 1.29 is 14.6 Å². The van der Waals surface area contributed by atoms with E-state index in [0.717, 1.165) is 22.4 Å². The van der Waals surface area contributed by atoms with Gasteiger partial charge in [-0.2, -0.15) is 5.10 Å². The molecule has 122 valence electrons. The quantitative estimate of drug-likeness (QED) is 0.722. The number of nitrogens with zero attached hydrogens (tertiary/aromatic N) is 2. The van der Waals surface area contributed by atoms with E-state index in [2.05, 4.69) is 5.10 Å². The normalized spacial score (nSPS) is 10.5. The van der Waals surface area contributed by atoms with Crippen LogP contribution in [0.1, 0.15) is 12.0 Å².